The normalized spacial score (nSPS) is 12.8. The van der Waals surface area contributed by atoms with Gasteiger partial charge in [-0.15, -0.1) is 0 Å². The van der Waals surface area contributed by atoms with Crippen molar-refractivity contribution in [3.63, 3.8) is 0 Å². The molecule has 0 amide bonds. The summed E-state index contributed by atoms with van der Waals surface area (Å²) in [6.07, 6.45) is 1.48. The zero-order chi connectivity index (χ0) is 11.4. The fraction of sp³-hybridized carbons (Fsp3) is 0.400. The molecule has 3 nitrogen and oxygen atoms in total. The second kappa shape index (κ2) is 5.56. The molecule has 5 heteroatoms. The first-order valence-electron chi connectivity index (χ1n) is 4.69. The molecule has 1 aromatic rings. The summed E-state index contributed by atoms with van der Waals surface area (Å²) in [5, 5.41) is 10.5. The number of benzene rings is 1. The molecule has 0 fully saturated rings. The Morgan fingerprint density at radius 1 is 1.33 bits per heavy atom. The maximum absolute atomic E-state index is 9.66. The highest BCUT2D eigenvalue weighted by Crippen LogP contribution is 2.35. The maximum Gasteiger partial charge on any atom is 0.123 e. The van der Waals surface area contributed by atoms with Gasteiger partial charge >= 0.3 is 0 Å². The van der Waals surface area contributed by atoms with E-state index in [1.807, 2.05) is 0 Å². The lowest BCUT2D eigenvalue weighted by Gasteiger charge is -2.15. The lowest BCUT2D eigenvalue weighted by Crippen LogP contribution is -2.13. The van der Waals surface area contributed by atoms with Crippen LogP contribution in [0.1, 0.15) is 24.4 Å². The highest BCUT2D eigenvalue weighted by Gasteiger charge is 2.15. The molecule has 0 aliphatic carbocycles. The van der Waals surface area contributed by atoms with Crippen LogP contribution < -0.4 is 11.5 Å². The number of halogens is 2. The highest BCUT2D eigenvalue weighted by molar-refractivity contribution is 6.35. The molecule has 0 radical (unpaired) electrons. The fourth-order valence-electron chi connectivity index (χ4n) is 1.42. The molecular formula is C10H14Cl2N2O. The van der Waals surface area contributed by atoms with Crippen molar-refractivity contribution in [1.82, 2.24) is 0 Å². The Morgan fingerprint density at radius 3 is 2.53 bits per heavy atom. The molecule has 15 heavy (non-hydrogen) atoms. The summed E-state index contributed by atoms with van der Waals surface area (Å²) in [4.78, 5) is 0. The molecule has 0 aliphatic rings. The highest BCUT2D eigenvalue weighted by atomic mass is 35.5. The minimum atomic E-state index is -0.307. The van der Waals surface area contributed by atoms with Gasteiger partial charge in [-0.25, -0.2) is 0 Å². The van der Waals surface area contributed by atoms with Crippen molar-refractivity contribution in [2.24, 2.45) is 11.5 Å². The molecule has 0 aliphatic heterocycles. The van der Waals surface area contributed by atoms with Gasteiger partial charge in [0, 0.05) is 16.6 Å². The molecule has 0 aromatic heterocycles. The minimum absolute atomic E-state index is 0.0389. The monoisotopic (exact) mass is 248 g/mol. The first kappa shape index (κ1) is 12.6. The number of nitrogens with two attached hydrogens (primary N) is 2. The van der Waals surface area contributed by atoms with Crippen molar-refractivity contribution in [3.8, 4) is 5.75 Å². The van der Waals surface area contributed by atoms with E-state index in [1.165, 1.54) is 6.07 Å². The third kappa shape index (κ3) is 3.24. The standard InChI is InChI=1S/C10H14Cl2N2O/c11-6-4-7(12)10(9(15)5-6)8(14)2-1-3-13/h4-5,8,15H,1-3,13-14H2/t8-/m1/s1. The lowest BCUT2D eigenvalue weighted by atomic mass is 10.0. The van der Waals surface area contributed by atoms with Gasteiger partial charge in [0.25, 0.3) is 0 Å². The first-order valence-corrected chi connectivity index (χ1v) is 5.45. The van der Waals surface area contributed by atoms with E-state index in [-0.39, 0.29) is 11.8 Å². The summed E-state index contributed by atoms with van der Waals surface area (Å²) in [5.74, 6) is 0.0389. The number of aromatic hydroxyl groups is 1. The zero-order valence-electron chi connectivity index (χ0n) is 8.21. The third-order valence-electron chi connectivity index (χ3n) is 2.16. The van der Waals surface area contributed by atoms with E-state index in [0.717, 1.165) is 6.42 Å². The van der Waals surface area contributed by atoms with Gasteiger partial charge in [-0.1, -0.05) is 23.2 Å². The van der Waals surface area contributed by atoms with Crippen molar-refractivity contribution < 1.29 is 5.11 Å². The van der Waals surface area contributed by atoms with Gasteiger partial charge in [0.15, 0.2) is 0 Å². The first-order chi connectivity index (χ1) is 7.06. The van der Waals surface area contributed by atoms with Crippen molar-refractivity contribution in [1.29, 1.82) is 0 Å². The van der Waals surface area contributed by atoms with Crippen LogP contribution in [-0.4, -0.2) is 11.7 Å². The van der Waals surface area contributed by atoms with Crippen LogP contribution in [-0.2, 0) is 0 Å². The predicted octanol–water partition coefficient (Wildman–Crippen LogP) is 2.44. The lowest BCUT2D eigenvalue weighted by molar-refractivity contribution is 0.457. The van der Waals surface area contributed by atoms with Gasteiger partial charge in [-0.3, -0.25) is 0 Å². The van der Waals surface area contributed by atoms with E-state index in [4.69, 9.17) is 34.7 Å². The number of rotatable bonds is 4. The molecule has 0 heterocycles. The fourth-order valence-corrected chi connectivity index (χ4v) is 2.04. The van der Waals surface area contributed by atoms with E-state index >= 15 is 0 Å². The average molecular weight is 249 g/mol. The summed E-state index contributed by atoms with van der Waals surface area (Å²) >= 11 is 11.7. The van der Waals surface area contributed by atoms with Crippen molar-refractivity contribution in [2.75, 3.05) is 6.54 Å². The van der Waals surface area contributed by atoms with E-state index in [0.29, 0.717) is 28.6 Å². The van der Waals surface area contributed by atoms with E-state index in [1.54, 1.807) is 6.07 Å². The molecule has 1 aromatic carbocycles. The van der Waals surface area contributed by atoms with Gasteiger partial charge in [0.1, 0.15) is 5.75 Å². The number of phenols is 1. The summed E-state index contributed by atoms with van der Waals surface area (Å²) in [5.41, 5.74) is 11.8. The second-order valence-electron chi connectivity index (χ2n) is 3.36. The molecule has 1 atom stereocenters. The van der Waals surface area contributed by atoms with Gasteiger partial charge in [-0.05, 0) is 31.5 Å². The largest absolute Gasteiger partial charge is 0.508 e. The Balaban J connectivity index is 2.92. The summed E-state index contributed by atoms with van der Waals surface area (Å²) < 4.78 is 0. The Labute approximate surface area is 99.0 Å². The Morgan fingerprint density at radius 2 is 2.00 bits per heavy atom. The van der Waals surface area contributed by atoms with Gasteiger partial charge < -0.3 is 16.6 Å². The maximum atomic E-state index is 9.66. The SMILES string of the molecule is NCCC[C@@H](N)c1c(O)cc(Cl)cc1Cl. The molecule has 0 spiro atoms. The van der Waals surface area contributed by atoms with Crippen LogP contribution in [0.4, 0.5) is 0 Å². The predicted molar refractivity (Wildman–Crippen MR) is 63.3 cm³/mol. The molecule has 84 valence electrons. The molecular weight excluding hydrogens is 235 g/mol. The molecule has 0 bridgehead atoms. The van der Waals surface area contributed by atoms with Crippen LogP contribution in [0.5, 0.6) is 5.75 Å². The second-order valence-corrected chi connectivity index (χ2v) is 4.20. The summed E-state index contributed by atoms with van der Waals surface area (Å²) in [7, 11) is 0. The van der Waals surface area contributed by atoms with Crippen molar-refractivity contribution in [3.05, 3.63) is 27.7 Å². The molecule has 1 rings (SSSR count). The number of phenolic OH excluding ortho intramolecular Hbond substituents is 1. The summed E-state index contributed by atoms with van der Waals surface area (Å²) in [6, 6.07) is 2.70. The van der Waals surface area contributed by atoms with E-state index < -0.39 is 0 Å². The van der Waals surface area contributed by atoms with E-state index in [2.05, 4.69) is 0 Å². The molecule has 0 unspecified atom stereocenters. The van der Waals surface area contributed by atoms with Crippen LogP contribution in [0.15, 0.2) is 12.1 Å². The van der Waals surface area contributed by atoms with E-state index in [9.17, 15) is 5.11 Å². The van der Waals surface area contributed by atoms with Gasteiger partial charge in [0.05, 0.1) is 5.02 Å². The Kier molecular flexibility index (Phi) is 4.67. The Bertz CT molecular complexity index is 321. The zero-order valence-corrected chi connectivity index (χ0v) is 9.72. The van der Waals surface area contributed by atoms with Gasteiger partial charge in [-0.2, -0.15) is 0 Å². The van der Waals surface area contributed by atoms with Crippen LogP contribution >= 0.6 is 23.2 Å². The average Bonchev–Trinajstić information content (AvgIpc) is 2.12. The molecule has 0 saturated carbocycles. The quantitative estimate of drug-likeness (QED) is 0.767. The van der Waals surface area contributed by atoms with Gasteiger partial charge in [0.2, 0.25) is 0 Å². The van der Waals surface area contributed by atoms with Crippen molar-refractivity contribution in [2.45, 2.75) is 18.9 Å². The van der Waals surface area contributed by atoms with Crippen LogP contribution in [0.25, 0.3) is 0 Å². The topological polar surface area (TPSA) is 72.3 Å². The summed E-state index contributed by atoms with van der Waals surface area (Å²) in [6.45, 7) is 0.569. The Hall–Kier alpha value is -0.480. The number of hydrogen-bond donors (Lipinski definition) is 3. The molecule has 0 saturated heterocycles. The van der Waals surface area contributed by atoms with Crippen LogP contribution in [0.3, 0.4) is 0 Å². The smallest absolute Gasteiger partial charge is 0.123 e. The van der Waals surface area contributed by atoms with Crippen molar-refractivity contribution >= 4 is 23.2 Å². The number of hydrogen-bond acceptors (Lipinski definition) is 3. The minimum Gasteiger partial charge on any atom is -0.508 e. The van der Waals surface area contributed by atoms with Crippen LogP contribution in [0, 0.1) is 0 Å². The van der Waals surface area contributed by atoms with Crippen LogP contribution in [0.2, 0.25) is 10.0 Å². The third-order valence-corrected chi connectivity index (χ3v) is 2.69. The molecule has 5 N–H and O–H groups in total.